The Morgan fingerprint density at radius 3 is 2.45 bits per heavy atom. The van der Waals surface area contributed by atoms with Crippen molar-refractivity contribution in [3.05, 3.63) is 23.0 Å². The first kappa shape index (κ1) is 16.7. The standard InChI is InChI=1S/C16H26N4O2/c1-13(12-19-7-9-22-10-8-19)11-14(15(17)21)16(18-2)20-5-3-4-6-20/h11H,2-10,12H2,1H3,(H2,17,21)/b13-11+,16-14-. The monoisotopic (exact) mass is 306 g/mol. The van der Waals surface area contributed by atoms with Crippen LogP contribution in [0.1, 0.15) is 19.8 Å². The average molecular weight is 306 g/mol. The van der Waals surface area contributed by atoms with Gasteiger partial charge in [0.25, 0.3) is 5.91 Å². The first-order chi connectivity index (χ1) is 10.6. The Morgan fingerprint density at radius 1 is 1.27 bits per heavy atom. The van der Waals surface area contributed by atoms with Gasteiger partial charge in [-0.15, -0.1) is 0 Å². The number of likely N-dealkylation sites (tertiary alicyclic amines) is 1. The smallest absolute Gasteiger partial charge is 0.252 e. The highest BCUT2D eigenvalue weighted by Gasteiger charge is 2.20. The van der Waals surface area contributed by atoms with Crippen LogP contribution in [0, 0.1) is 0 Å². The lowest BCUT2D eigenvalue weighted by molar-refractivity contribution is -0.114. The van der Waals surface area contributed by atoms with Crippen molar-refractivity contribution in [1.82, 2.24) is 9.80 Å². The molecule has 2 aliphatic heterocycles. The lowest BCUT2D eigenvalue weighted by Gasteiger charge is -2.27. The Kier molecular flexibility index (Phi) is 6.15. The molecule has 0 aliphatic carbocycles. The number of carbonyl (C=O) groups excluding carboxylic acids is 1. The molecule has 2 fully saturated rings. The molecular formula is C16H26N4O2. The summed E-state index contributed by atoms with van der Waals surface area (Å²) in [5.41, 5.74) is 7.13. The van der Waals surface area contributed by atoms with Crippen molar-refractivity contribution in [3.8, 4) is 0 Å². The minimum Gasteiger partial charge on any atom is -0.379 e. The molecule has 2 heterocycles. The van der Waals surface area contributed by atoms with Crippen molar-refractivity contribution in [2.75, 3.05) is 45.9 Å². The Morgan fingerprint density at radius 2 is 1.91 bits per heavy atom. The molecule has 1 amide bonds. The van der Waals surface area contributed by atoms with Crippen LogP contribution in [-0.4, -0.2) is 68.4 Å². The molecule has 0 unspecified atom stereocenters. The highest BCUT2D eigenvalue weighted by Crippen LogP contribution is 2.20. The zero-order valence-electron chi connectivity index (χ0n) is 13.4. The number of ether oxygens (including phenoxy) is 1. The van der Waals surface area contributed by atoms with Gasteiger partial charge in [0.05, 0.1) is 18.8 Å². The molecule has 122 valence electrons. The molecule has 0 bridgehead atoms. The fourth-order valence-electron chi connectivity index (χ4n) is 2.93. The number of morpholine rings is 1. The third kappa shape index (κ3) is 4.42. The quantitative estimate of drug-likeness (QED) is 0.447. The van der Waals surface area contributed by atoms with Crippen LogP contribution in [0.3, 0.4) is 0 Å². The second-order valence-corrected chi connectivity index (χ2v) is 5.83. The van der Waals surface area contributed by atoms with Crippen LogP contribution >= 0.6 is 0 Å². The second-order valence-electron chi connectivity index (χ2n) is 5.83. The Hall–Kier alpha value is -1.66. The molecule has 0 spiro atoms. The van der Waals surface area contributed by atoms with Crippen LogP contribution < -0.4 is 5.73 Å². The van der Waals surface area contributed by atoms with E-state index in [0.717, 1.165) is 64.4 Å². The van der Waals surface area contributed by atoms with E-state index in [9.17, 15) is 4.79 Å². The largest absolute Gasteiger partial charge is 0.379 e. The summed E-state index contributed by atoms with van der Waals surface area (Å²) >= 11 is 0. The van der Waals surface area contributed by atoms with Crippen molar-refractivity contribution < 1.29 is 9.53 Å². The first-order valence-corrected chi connectivity index (χ1v) is 7.85. The van der Waals surface area contributed by atoms with Crippen LogP contribution in [0.15, 0.2) is 28.0 Å². The summed E-state index contributed by atoms with van der Waals surface area (Å²) in [6.07, 6.45) is 4.09. The van der Waals surface area contributed by atoms with Crippen LogP contribution in [0.25, 0.3) is 0 Å². The average Bonchev–Trinajstić information content (AvgIpc) is 3.02. The van der Waals surface area contributed by atoms with Crippen LogP contribution in [-0.2, 0) is 9.53 Å². The van der Waals surface area contributed by atoms with E-state index < -0.39 is 5.91 Å². The highest BCUT2D eigenvalue weighted by molar-refractivity contribution is 5.95. The van der Waals surface area contributed by atoms with Crippen molar-refractivity contribution >= 4 is 12.6 Å². The van der Waals surface area contributed by atoms with E-state index in [1.165, 1.54) is 0 Å². The van der Waals surface area contributed by atoms with E-state index in [1.54, 1.807) is 0 Å². The zero-order valence-corrected chi connectivity index (χ0v) is 13.4. The van der Waals surface area contributed by atoms with E-state index in [0.29, 0.717) is 11.4 Å². The van der Waals surface area contributed by atoms with Gasteiger partial charge in [0.1, 0.15) is 5.82 Å². The highest BCUT2D eigenvalue weighted by atomic mass is 16.5. The van der Waals surface area contributed by atoms with Gasteiger partial charge in [0.15, 0.2) is 0 Å². The van der Waals surface area contributed by atoms with Gasteiger partial charge in [0.2, 0.25) is 0 Å². The second kappa shape index (κ2) is 8.10. The number of carbonyl (C=O) groups is 1. The maximum absolute atomic E-state index is 11.9. The van der Waals surface area contributed by atoms with Crippen LogP contribution in [0.5, 0.6) is 0 Å². The van der Waals surface area contributed by atoms with Gasteiger partial charge in [-0.25, -0.2) is 4.99 Å². The number of amides is 1. The van der Waals surface area contributed by atoms with Crippen LogP contribution in [0.2, 0.25) is 0 Å². The van der Waals surface area contributed by atoms with Gasteiger partial charge in [-0.3, -0.25) is 9.69 Å². The zero-order chi connectivity index (χ0) is 15.9. The third-order valence-corrected chi connectivity index (χ3v) is 4.03. The summed E-state index contributed by atoms with van der Waals surface area (Å²) in [5.74, 6) is 0.168. The molecule has 2 aliphatic rings. The molecule has 6 nitrogen and oxygen atoms in total. The number of aliphatic imine (C=N–C) groups is 1. The van der Waals surface area contributed by atoms with E-state index in [-0.39, 0.29) is 0 Å². The summed E-state index contributed by atoms with van der Waals surface area (Å²) in [6.45, 7) is 11.6. The molecule has 0 aromatic carbocycles. The van der Waals surface area contributed by atoms with E-state index >= 15 is 0 Å². The van der Waals surface area contributed by atoms with E-state index in [4.69, 9.17) is 10.5 Å². The third-order valence-electron chi connectivity index (χ3n) is 4.03. The van der Waals surface area contributed by atoms with Gasteiger partial charge in [-0.05, 0) is 32.6 Å². The number of nitrogens with zero attached hydrogens (tertiary/aromatic N) is 3. The fraction of sp³-hybridized carbons (Fsp3) is 0.625. The van der Waals surface area contributed by atoms with E-state index in [2.05, 4.69) is 21.5 Å². The van der Waals surface area contributed by atoms with Crippen molar-refractivity contribution in [3.63, 3.8) is 0 Å². The molecule has 0 radical (unpaired) electrons. The number of nitrogens with two attached hydrogens (primary N) is 1. The SMILES string of the molecule is C=N/C(=C(\C=C(/C)CN1CCOCC1)C(N)=O)N1CCCC1. The van der Waals surface area contributed by atoms with Gasteiger partial charge in [-0.1, -0.05) is 5.57 Å². The summed E-state index contributed by atoms with van der Waals surface area (Å²) in [6, 6.07) is 0. The summed E-state index contributed by atoms with van der Waals surface area (Å²) < 4.78 is 5.35. The predicted octanol–water partition coefficient (Wildman–Crippen LogP) is 0.758. The molecular weight excluding hydrogens is 280 g/mol. The lowest BCUT2D eigenvalue weighted by atomic mass is 10.1. The van der Waals surface area contributed by atoms with Gasteiger partial charge in [-0.2, -0.15) is 0 Å². The lowest BCUT2D eigenvalue weighted by Crippen LogP contribution is -2.37. The molecule has 2 N–H and O–H groups in total. The summed E-state index contributed by atoms with van der Waals surface area (Å²) in [4.78, 5) is 20.3. The van der Waals surface area contributed by atoms with E-state index in [1.807, 2.05) is 13.0 Å². The Balaban J connectivity index is 2.16. The minimum absolute atomic E-state index is 0.448. The molecule has 22 heavy (non-hydrogen) atoms. The summed E-state index contributed by atoms with van der Waals surface area (Å²) in [5, 5.41) is 0. The fourth-order valence-corrected chi connectivity index (χ4v) is 2.93. The Bertz CT molecular complexity index is 473. The number of hydrogen-bond donors (Lipinski definition) is 1. The van der Waals surface area contributed by atoms with Crippen molar-refractivity contribution in [2.24, 2.45) is 10.7 Å². The molecule has 0 aromatic rings. The topological polar surface area (TPSA) is 71.2 Å². The first-order valence-electron chi connectivity index (χ1n) is 7.85. The molecule has 2 rings (SSSR count). The molecule has 2 saturated heterocycles. The maximum atomic E-state index is 11.9. The normalized spacial score (nSPS) is 21.7. The molecule has 0 aromatic heterocycles. The maximum Gasteiger partial charge on any atom is 0.252 e. The van der Waals surface area contributed by atoms with Gasteiger partial charge in [0, 0.05) is 32.7 Å². The predicted molar refractivity (Wildman–Crippen MR) is 87.6 cm³/mol. The van der Waals surface area contributed by atoms with Gasteiger partial charge < -0.3 is 15.4 Å². The van der Waals surface area contributed by atoms with Crippen LogP contribution in [0.4, 0.5) is 0 Å². The summed E-state index contributed by atoms with van der Waals surface area (Å²) in [7, 11) is 0. The molecule has 6 heteroatoms. The van der Waals surface area contributed by atoms with Gasteiger partial charge >= 0.3 is 0 Å². The number of rotatable bonds is 6. The van der Waals surface area contributed by atoms with Crippen molar-refractivity contribution in [1.29, 1.82) is 0 Å². The number of hydrogen-bond acceptors (Lipinski definition) is 5. The molecule has 0 atom stereocenters. The molecule has 0 saturated carbocycles. The Labute approximate surface area is 132 Å². The minimum atomic E-state index is -0.448. The number of primary amides is 1. The van der Waals surface area contributed by atoms with Crippen molar-refractivity contribution in [2.45, 2.75) is 19.8 Å².